The molecule has 0 atom stereocenters. The molecule has 0 spiro atoms. The van der Waals surface area contributed by atoms with Gasteiger partial charge in [0.25, 0.3) is 0 Å². The van der Waals surface area contributed by atoms with E-state index in [1.807, 2.05) is 6.92 Å². The highest BCUT2D eigenvalue weighted by Crippen LogP contribution is 2.16. The van der Waals surface area contributed by atoms with E-state index in [1.165, 1.54) is 11.3 Å². The Balaban J connectivity index is 2.49. The van der Waals surface area contributed by atoms with Crippen molar-refractivity contribution in [2.45, 2.75) is 19.5 Å². The summed E-state index contributed by atoms with van der Waals surface area (Å²) in [6.45, 7) is -0.733. The zero-order valence-corrected chi connectivity index (χ0v) is 11.9. The second-order valence-electron chi connectivity index (χ2n) is 4.20. The molecular formula is C11H14F3N3O3S. The number of thiazole rings is 1. The van der Waals surface area contributed by atoms with Gasteiger partial charge in [-0.05, 0) is 6.92 Å². The highest BCUT2D eigenvalue weighted by atomic mass is 32.1. The van der Waals surface area contributed by atoms with Gasteiger partial charge in [0.15, 0.2) is 0 Å². The Morgan fingerprint density at radius 3 is 2.62 bits per heavy atom. The van der Waals surface area contributed by atoms with Crippen LogP contribution in [0.5, 0.6) is 0 Å². The van der Waals surface area contributed by atoms with Gasteiger partial charge in [0.2, 0.25) is 0 Å². The van der Waals surface area contributed by atoms with Crippen LogP contribution in [0.4, 0.5) is 18.0 Å². The van der Waals surface area contributed by atoms with Crippen LogP contribution in [-0.4, -0.2) is 52.8 Å². The molecule has 118 valence electrons. The minimum atomic E-state index is -4.65. The molecule has 1 aromatic rings. The van der Waals surface area contributed by atoms with Gasteiger partial charge in [0.05, 0.1) is 10.7 Å². The molecule has 1 rings (SSSR count). The van der Waals surface area contributed by atoms with Gasteiger partial charge in [-0.1, -0.05) is 0 Å². The summed E-state index contributed by atoms with van der Waals surface area (Å²) in [6.07, 6.45) is -4.29. The highest BCUT2D eigenvalue weighted by molar-refractivity contribution is 7.09. The summed E-state index contributed by atoms with van der Waals surface area (Å²) in [4.78, 5) is 26.4. The van der Waals surface area contributed by atoms with Crippen LogP contribution in [0.3, 0.4) is 0 Å². The lowest BCUT2D eigenvalue weighted by Crippen LogP contribution is -2.47. The Labute approximate surface area is 122 Å². The largest absolute Gasteiger partial charge is 0.480 e. The van der Waals surface area contributed by atoms with Crippen molar-refractivity contribution in [3.8, 4) is 0 Å². The number of hydrogen-bond acceptors (Lipinski definition) is 4. The number of urea groups is 1. The van der Waals surface area contributed by atoms with Gasteiger partial charge in [-0.2, -0.15) is 13.2 Å². The molecule has 2 N–H and O–H groups in total. The molecule has 0 saturated heterocycles. The van der Waals surface area contributed by atoms with E-state index < -0.39 is 31.3 Å². The van der Waals surface area contributed by atoms with Crippen LogP contribution in [-0.2, 0) is 11.2 Å². The van der Waals surface area contributed by atoms with Gasteiger partial charge in [-0.15, -0.1) is 11.3 Å². The van der Waals surface area contributed by atoms with Crippen LogP contribution < -0.4 is 5.32 Å². The van der Waals surface area contributed by atoms with Gasteiger partial charge >= 0.3 is 18.2 Å². The number of carboxylic acids is 1. The topological polar surface area (TPSA) is 82.5 Å². The lowest BCUT2D eigenvalue weighted by molar-refractivity contribution is -0.148. The van der Waals surface area contributed by atoms with Crippen molar-refractivity contribution in [2.75, 3.05) is 19.6 Å². The number of rotatable bonds is 6. The Bertz CT molecular complexity index is 504. The normalized spacial score (nSPS) is 11.2. The number of carbonyl (C=O) groups is 2. The first kappa shape index (κ1) is 17.2. The Morgan fingerprint density at radius 1 is 1.48 bits per heavy atom. The van der Waals surface area contributed by atoms with Crippen molar-refractivity contribution >= 4 is 23.3 Å². The zero-order chi connectivity index (χ0) is 16.0. The molecule has 10 heteroatoms. The molecule has 0 aliphatic rings. The number of halogens is 3. The summed E-state index contributed by atoms with van der Waals surface area (Å²) in [6, 6.07) is -1.07. The molecule has 0 aliphatic carbocycles. The third-order valence-corrected chi connectivity index (χ3v) is 3.13. The van der Waals surface area contributed by atoms with Gasteiger partial charge in [-0.25, -0.2) is 9.78 Å². The number of amides is 2. The molecule has 1 aromatic heterocycles. The summed E-state index contributed by atoms with van der Waals surface area (Å²) in [5.74, 6) is -1.51. The number of alkyl halides is 3. The maximum atomic E-state index is 12.3. The van der Waals surface area contributed by atoms with Crippen LogP contribution in [0, 0.1) is 6.92 Å². The van der Waals surface area contributed by atoms with Crippen LogP contribution in [0.25, 0.3) is 0 Å². The van der Waals surface area contributed by atoms with Crippen LogP contribution in [0.2, 0.25) is 0 Å². The SMILES string of the molecule is Cc1nc(CCNC(=O)N(CC(=O)O)CC(F)(F)F)cs1. The molecule has 0 radical (unpaired) electrons. The highest BCUT2D eigenvalue weighted by Gasteiger charge is 2.33. The van der Waals surface area contributed by atoms with Gasteiger partial charge < -0.3 is 15.3 Å². The number of aromatic nitrogens is 1. The van der Waals surface area contributed by atoms with Gasteiger partial charge in [-0.3, -0.25) is 4.79 Å². The zero-order valence-electron chi connectivity index (χ0n) is 11.1. The minimum Gasteiger partial charge on any atom is -0.480 e. The maximum Gasteiger partial charge on any atom is 0.406 e. The monoisotopic (exact) mass is 325 g/mol. The number of nitrogens with zero attached hydrogens (tertiary/aromatic N) is 2. The number of aryl methyl sites for hydroxylation is 1. The predicted molar refractivity (Wildman–Crippen MR) is 69.2 cm³/mol. The number of carboxylic acid groups (broad SMARTS) is 1. The van der Waals surface area contributed by atoms with E-state index in [1.54, 1.807) is 5.38 Å². The standard InChI is InChI=1S/C11H14F3N3O3S/c1-7-16-8(5-21-7)2-3-15-10(20)17(4-9(18)19)6-11(12,13)14/h5H,2-4,6H2,1H3,(H,15,20)(H,18,19). The van der Waals surface area contributed by atoms with E-state index in [0.29, 0.717) is 6.42 Å². The fourth-order valence-corrected chi connectivity index (χ4v) is 2.16. The van der Waals surface area contributed by atoms with E-state index in [2.05, 4.69) is 10.3 Å². The van der Waals surface area contributed by atoms with Crippen molar-refractivity contribution in [1.82, 2.24) is 15.2 Å². The smallest absolute Gasteiger partial charge is 0.406 e. The summed E-state index contributed by atoms with van der Waals surface area (Å²) in [5.41, 5.74) is 0.721. The van der Waals surface area contributed by atoms with Gasteiger partial charge in [0.1, 0.15) is 13.1 Å². The average Bonchev–Trinajstić information content (AvgIpc) is 2.71. The Hall–Kier alpha value is -1.84. The molecule has 0 saturated carbocycles. The number of nitrogens with one attached hydrogen (secondary N) is 1. The fourth-order valence-electron chi connectivity index (χ4n) is 1.51. The molecule has 6 nitrogen and oxygen atoms in total. The number of carbonyl (C=O) groups excluding carboxylic acids is 1. The number of hydrogen-bond donors (Lipinski definition) is 2. The van der Waals surface area contributed by atoms with Crippen molar-refractivity contribution in [1.29, 1.82) is 0 Å². The predicted octanol–water partition coefficient (Wildman–Crippen LogP) is 1.65. The minimum absolute atomic E-state index is 0.0793. The molecule has 21 heavy (non-hydrogen) atoms. The lowest BCUT2D eigenvalue weighted by Gasteiger charge is -2.22. The maximum absolute atomic E-state index is 12.3. The van der Waals surface area contributed by atoms with Crippen molar-refractivity contribution in [3.05, 3.63) is 16.1 Å². The molecule has 0 aliphatic heterocycles. The molecule has 0 aromatic carbocycles. The fraction of sp³-hybridized carbons (Fsp3) is 0.545. The van der Waals surface area contributed by atoms with Crippen molar-refractivity contribution < 1.29 is 27.9 Å². The van der Waals surface area contributed by atoms with Crippen LogP contribution >= 0.6 is 11.3 Å². The molecular weight excluding hydrogens is 311 g/mol. The van der Waals surface area contributed by atoms with Gasteiger partial charge in [0, 0.05) is 18.3 Å². The third-order valence-electron chi connectivity index (χ3n) is 2.31. The second-order valence-corrected chi connectivity index (χ2v) is 5.27. The third kappa shape index (κ3) is 6.93. The van der Waals surface area contributed by atoms with Crippen molar-refractivity contribution in [3.63, 3.8) is 0 Å². The van der Waals surface area contributed by atoms with Crippen LogP contribution in [0.15, 0.2) is 5.38 Å². The molecule has 0 bridgehead atoms. The molecule has 2 amide bonds. The summed E-state index contributed by atoms with van der Waals surface area (Å²) in [7, 11) is 0. The Kier molecular flexibility index (Phi) is 5.94. The first-order chi connectivity index (χ1) is 9.67. The average molecular weight is 325 g/mol. The van der Waals surface area contributed by atoms with E-state index in [9.17, 15) is 22.8 Å². The molecule has 1 heterocycles. The van der Waals surface area contributed by atoms with E-state index in [0.717, 1.165) is 10.7 Å². The molecule has 0 fully saturated rings. The van der Waals surface area contributed by atoms with E-state index in [-0.39, 0.29) is 11.4 Å². The van der Waals surface area contributed by atoms with Crippen molar-refractivity contribution in [2.24, 2.45) is 0 Å². The summed E-state index contributed by atoms with van der Waals surface area (Å²) in [5, 5.41) is 13.4. The first-order valence-corrected chi connectivity index (χ1v) is 6.77. The summed E-state index contributed by atoms with van der Waals surface area (Å²) < 4.78 is 36.8. The quantitative estimate of drug-likeness (QED) is 0.833. The lowest BCUT2D eigenvalue weighted by atomic mass is 10.3. The Morgan fingerprint density at radius 2 is 2.14 bits per heavy atom. The van der Waals surface area contributed by atoms with E-state index >= 15 is 0 Å². The molecule has 0 unspecified atom stereocenters. The summed E-state index contributed by atoms with van der Waals surface area (Å²) >= 11 is 1.43. The second kappa shape index (κ2) is 7.25. The first-order valence-electron chi connectivity index (χ1n) is 5.89. The van der Waals surface area contributed by atoms with E-state index in [4.69, 9.17) is 5.11 Å². The van der Waals surface area contributed by atoms with Crippen LogP contribution in [0.1, 0.15) is 10.7 Å². The number of aliphatic carboxylic acids is 1.